The van der Waals surface area contributed by atoms with E-state index in [1.165, 1.54) is 0 Å². The highest BCUT2D eigenvalue weighted by Crippen LogP contribution is 2.15. The van der Waals surface area contributed by atoms with Crippen molar-refractivity contribution in [2.75, 3.05) is 0 Å². The Morgan fingerprint density at radius 2 is 1.38 bits per heavy atom. The lowest BCUT2D eigenvalue weighted by molar-refractivity contribution is -1.04. The number of aliphatic hydroxyl groups is 1. The Hall–Kier alpha value is -2.46. The van der Waals surface area contributed by atoms with Gasteiger partial charge in [0.15, 0.2) is 7.14 Å². The molecule has 0 spiro atoms. The summed E-state index contributed by atoms with van der Waals surface area (Å²) >= 11 is -2.70. The van der Waals surface area contributed by atoms with E-state index in [1.807, 2.05) is 12.1 Å². The maximum Gasteiger partial charge on any atom is 0.363 e. The molecule has 26 heavy (non-hydrogen) atoms. The minimum absolute atomic E-state index is 0.798. The van der Waals surface area contributed by atoms with Crippen LogP contribution in [0.4, 0.5) is 0 Å². The molecule has 1 unspecified atom stereocenters. The molecule has 2 rings (SSSR count). The SMILES string of the molecule is O=C(O)CC(O)(CC(=O)O[I+](c1ccccc1)c1ccccc1)C(=O)[O-]. The number of rotatable bonds is 8. The van der Waals surface area contributed by atoms with E-state index in [9.17, 15) is 24.6 Å². The van der Waals surface area contributed by atoms with Gasteiger partial charge in [-0.1, -0.05) is 36.4 Å². The molecule has 0 saturated heterocycles. The van der Waals surface area contributed by atoms with Crippen molar-refractivity contribution in [3.05, 3.63) is 67.8 Å². The summed E-state index contributed by atoms with van der Waals surface area (Å²) in [5, 5.41) is 29.8. The molecule has 1 radical (unpaired) electrons. The molecular weight excluding hydrogens is 455 g/mol. The maximum atomic E-state index is 12.3. The molecule has 8 heteroatoms. The van der Waals surface area contributed by atoms with Crippen LogP contribution in [0.25, 0.3) is 0 Å². The summed E-state index contributed by atoms with van der Waals surface area (Å²) in [6.45, 7) is 0. The standard InChI is InChI=1S/C18H17IO7/c20-15(21)11-18(25,17(23)24)12-16(22)26-19(13-7-3-1-4-8-13)14-9-5-2-6-10-14/h1-10,25H,11-12H2,(H,20,21)(H,23,24)/q+1/p-1. The van der Waals surface area contributed by atoms with Crippen molar-refractivity contribution in [1.82, 2.24) is 0 Å². The fourth-order valence-corrected chi connectivity index (χ4v) is 6.09. The van der Waals surface area contributed by atoms with Crippen molar-refractivity contribution < 1.29 is 53.0 Å². The molecule has 2 N–H and O–H groups in total. The van der Waals surface area contributed by atoms with Crippen LogP contribution in [0, 0.1) is 7.14 Å². The zero-order chi connectivity index (χ0) is 19.2. The first-order chi connectivity index (χ1) is 12.3. The van der Waals surface area contributed by atoms with Crippen molar-refractivity contribution in [3.8, 4) is 0 Å². The molecule has 137 valence electrons. The van der Waals surface area contributed by atoms with Crippen molar-refractivity contribution in [2.45, 2.75) is 18.4 Å². The first-order valence-corrected chi connectivity index (χ1v) is 10.5. The van der Waals surface area contributed by atoms with Gasteiger partial charge in [-0.15, -0.1) is 0 Å². The van der Waals surface area contributed by atoms with Gasteiger partial charge in [-0.3, -0.25) is 4.79 Å². The molecule has 0 bridgehead atoms. The summed E-state index contributed by atoms with van der Waals surface area (Å²) in [6, 6.07) is 18.0. The minimum atomic E-state index is -2.82. The lowest BCUT2D eigenvalue weighted by Gasteiger charge is -2.25. The molecule has 0 fully saturated rings. The van der Waals surface area contributed by atoms with Crippen molar-refractivity contribution in [1.29, 1.82) is 0 Å². The summed E-state index contributed by atoms with van der Waals surface area (Å²) in [7, 11) is 0. The Labute approximate surface area is 157 Å². The number of hydrogen-bond acceptors (Lipinski definition) is 6. The molecule has 2 aromatic carbocycles. The van der Waals surface area contributed by atoms with Crippen LogP contribution in [0.3, 0.4) is 0 Å². The monoisotopic (exact) mass is 471 g/mol. The molecular formula is C18H16IO7. The lowest BCUT2D eigenvalue weighted by Crippen LogP contribution is -3.85. The highest BCUT2D eigenvalue weighted by Gasteiger charge is 2.40. The zero-order valence-corrected chi connectivity index (χ0v) is 15.7. The van der Waals surface area contributed by atoms with Crippen LogP contribution in [-0.2, 0) is 17.4 Å². The molecule has 0 heterocycles. The molecule has 0 saturated carbocycles. The van der Waals surface area contributed by atoms with Crippen LogP contribution in [0.2, 0.25) is 0 Å². The van der Waals surface area contributed by atoms with Crippen LogP contribution in [-0.4, -0.2) is 33.7 Å². The third-order valence-electron chi connectivity index (χ3n) is 3.29. The van der Waals surface area contributed by atoms with Crippen LogP contribution in [0.15, 0.2) is 60.7 Å². The van der Waals surface area contributed by atoms with Gasteiger partial charge in [0, 0.05) is 0 Å². The molecule has 0 aromatic heterocycles. The van der Waals surface area contributed by atoms with E-state index in [0.717, 1.165) is 7.14 Å². The van der Waals surface area contributed by atoms with E-state index < -0.39 is 56.6 Å². The second-order valence-corrected chi connectivity index (χ2v) is 9.71. The minimum Gasteiger partial charge on any atom is -0.547 e. The fourth-order valence-electron chi connectivity index (χ4n) is 2.08. The van der Waals surface area contributed by atoms with Crippen LogP contribution < -0.4 is 25.3 Å². The van der Waals surface area contributed by atoms with E-state index in [1.54, 1.807) is 48.5 Å². The van der Waals surface area contributed by atoms with Crippen molar-refractivity contribution >= 4 is 17.9 Å². The maximum absolute atomic E-state index is 12.3. The van der Waals surface area contributed by atoms with E-state index >= 15 is 0 Å². The average Bonchev–Trinajstić information content (AvgIpc) is 2.60. The lowest BCUT2D eigenvalue weighted by atomic mass is 9.96. The molecule has 0 aliphatic heterocycles. The number of carboxylic acids is 2. The molecule has 0 aliphatic rings. The number of carbonyl (C=O) groups is 3. The Bertz CT molecular complexity index is 739. The van der Waals surface area contributed by atoms with E-state index in [0.29, 0.717) is 0 Å². The molecule has 1 atom stereocenters. The molecule has 0 aliphatic carbocycles. The van der Waals surface area contributed by atoms with E-state index in [4.69, 9.17) is 8.17 Å². The van der Waals surface area contributed by atoms with E-state index in [2.05, 4.69) is 0 Å². The fraction of sp³-hybridized carbons (Fsp3) is 0.167. The molecule has 7 nitrogen and oxygen atoms in total. The smallest absolute Gasteiger partial charge is 0.363 e. The van der Waals surface area contributed by atoms with Gasteiger partial charge in [-0.2, -0.15) is 0 Å². The van der Waals surface area contributed by atoms with Crippen LogP contribution in [0.5, 0.6) is 0 Å². The summed E-state index contributed by atoms with van der Waals surface area (Å²) < 4.78 is 7.12. The van der Waals surface area contributed by atoms with E-state index in [-0.39, 0.29) is 0 Å². The van der Waals surface area contributed by atoms with Gasteiger partial charge >= 0.3 is 32.2 Å². The van der Waals surface area contributed by atoms with Gasteiger partial charge in [-0.25, -0.2) is 7.86 Å². The summed E-state index contributed by atoms with van der Waals surface area (Å²) in [5.41, 5.74) is -2.82. The van der Waals surface area contributed by atoms with Crippen LogP contribution >= 0.6 is 0 Å². The van der Waals surface area contributed by atoms with Gasteiger partial charge < -0.3 is 20.1 Å². The summed E-state index contributed by atoms with van der Waals surface area (Å²) in [5.74, 6) is -4.58. The van der Waals surface area contributed by atoms with Gasteiger partial charge in [0.05, 0.1) is 18.8 Å². The highest BCUT2D eigenvalue weighted by molar-refractivity contribution is 5.87. The first-order valence-electron chi connectivity index (χ1n) is 7.49. The van der Waals surface area contributed by atoms with Gasteiger partial charge in [0.2, 0.25) is 0 Å². The Kier molecular flexibility index (Phi) is 6.70. The van der Waals surface area contributed by atoms with Crippen LogP contribution in [0.1, 0.15) is 12.8 Å². The normalized spacial score (nSPS) is 13.0. The average molecular weight is 471 g/mol. The quantitative estimate of drug-likeness (QED) is 0.398. The zero-order valence-electron chi connectivity index (χ0n) is 13.5. The topological polar surface area (TPSA) is 124 Å². The number of carboxylic acid groups (broad SMARTS) is 2. The highest BCUT2D eigenvalue weighted by atomic mass is 127. The number of hydrogen-bond donors (Lipinski definition) is 2. The van der Waals surface area contributed by atoms with Crippen molar-refractivity contribution in [2.24, 2.45) is 0 Å². The third kappa shape index (κ3) is 5.27. The third-order valence-corrected chi connectivity index (χ3v) is 7.92. The Balaban J connectivity index is 2.24. The largest absolute Gasteiger partial charge is 0.547 e. The second-order valence-electron chi connectivity index (χ2n) is 5.36. The molecule has 0 amide bonds. The first kappa shape index (κ1) is 19.9. The number of carbonyl (C=O) groups excluding carboxylic acids is 2. The Morgan fingerprint density at radius 3 is 1.77 bits per heavy atom. The predicted octanol–water partition coefficient (Wildman–Crippen LogP) is -2.85. The Morgan fingerprint density at radius 1 is 0.923 bits per heavy atom. The number of aliphatic carboxylic acids is 2. The summed E-state index contributed by atoms with van der Waals surface area (Å²) in [4.78, 5) is 34.1. The van der Waals surface area contributed by atoms with Gasteiger partial charge in [-0.05, 0) is 24.3 Å². The summed E-state index contributed by atoms with van der Waals surface area (Å²) in [6.07, 6.45) is -2.16. The molecule has 2 aromatic rings. The van der Waals surface area contributed by atoms with Gasteiger partial charge in [0.1, 0.15) is 5.60 Å². The van der Waals surface area contributed by atoms with Gasteiger partial charge in [0.25, 0.3) is 0 Å². The second kappa shape index (κ2) is 8.77. The number of halogens is 1. The van der Waals surface area contributed by atoms with Crippen molar-refractivity contribution in [3.63, 3.8) is 0 Å². The predicted molar refractivity (Wildman–Crippen MR) is 83.2 cm³/mol. The number of benzene rings is 2.